The molecule has 3 rings (SSSR count). The van der Waals surface area contributed by atoms with E-state index < -0.39 is 25.1 Å². The van der Waals surface area contributed by atoms with Crippen LogP contribution in [0.3, 0.4) is 0 Å². The number of likely N-dealkylation sites (N-methyl/N-ethyl adjacent to an activating group) is 1. The van der Waals surface area contributed by atoms with Crippen molar-refractivity contribution in [1.82, 2.24) is 4.90 Å². The van der Waals surface area contributed by atoms with Gasteiger partial charge in [0.1, 0.15) is 6.04 Å². The van der Waals surface area contributed by atoms with Gasteiger partial charge in [0.2, 0.25) is 0 Å². The third-order valence-corrected chi connectivity index (χ3v) is 4.27. The van der Waals surface area contributed by atoms with Gasteiger partial charge in [0.05, 0.1) is 6.54 Å². The Labute approximate surface area is 147 Å². The lowest BCUT2D eigenvalue weighted by atomic mass is 9.78. The third kappa shape index (κ3) is 4.28. The SMILES string of the molecule is Cc1ccc(C[C@@H]2C(=O)OB(c3ccccc3)OC(=O)CN2C)cc1. The Balaban J connectivity index is 1.81. The highest BCUT2D eigenvalue weighted by Gasteiger charge is 2.38. The minimum absolute atomic E-state index is 0.0367. The van der Waals surface area contributed by atoms with E-state index in [4.69, 9.17) is 9.31 Å². The lowest BCUT2D eigenvalue weighted by Crippen LogP contribution is -2.53. The van der Waals surface area contributed by atoms with Crippen molar-refractivity contribution in [2.45, 2.75) is 19.4 Å². The summed E-state index contributed by atoms with van der Waals surface area (Å²) in [6.07, 6.45) is 0.477. The van der Waals surface area contributed by atoms with Crippen LogP contribution in [0.4, 0.5) is 0 Å². The molecule has 0 saturated carbocycles. The van der Waals surface area contributed by atoms with Crippen LogP contribution in [-0.4, -0.2) is 43.6 Å². The van der Waals surface area contributed by atoms with E-state index in [2.05, 4.69) is 0 Å². The first-order valence-electron chi connectivity index (χ1n) is 8.23. The van der Waals surface area contributed by atoms with Crippen molar-refractivity contribution in [2.75, 3.05) is 13.6 Å². The lowest BCUT2D eigenvalue weighted by molar-refractivity contribution is -0.149. The summed E-state index contributed by atoms with van der Waals surface area (Å²) in [4.78, 5) is 26.5. The molecule has 1 heterocycles. The number of carbonyl (C=O) groups is 2. The molecule has 0 amide bonds. The highest BCUT2D eigenvalue weighted by atomic mass is 16.6. The van der Waals surface area contributed by atoms with Gasteiger partial charge in [-0.1, -0.05) is 60.2 Å². The summed E-state index contributed by atoms with van der Waals surface area (Å²) in [7, 11) is 0.722. The minimum atomic E-state index is -1.00. The molecule has 128 valence electrons. The molecule has 6 heteroatoms. The number of aryl methyl sites for hydroxylation is 1. The molecular formula is C19H20BNO4. The monoisotopic (exact) mass is 337 g/mol. The second kappa shape index (κ2) is 7.53. The van der Waals surface area contributed by atoms with Crippen LogP contribution in [0.2, 0.25) is 0 Å². The summed E-state index contributed by atoms with van der Waals surface area (Å²) < 4.78 is 10.8. The summed E-state index contributed by atoms with van der Waals surface area (Å²) in [5.74, 6) is -0.817. The van der Waals surface area contributed by atoms with Crippen molar-refractivity contribution in [3.8, 4) is 0 Å². The average Bonchev–Trinajstić information content (AvgIpc) is 2.60. The van der Waals surface area contributed by atoms with E-state index >= 15 is 0 Å². The van der Waals surface area contributed by atoms with Gasteiger partial charge in [-0.2, -0.15) is 0 Å². The van der Waals surface area contributed by atoms with Crippen molar-refractivity contribution in [3.63, 3.8) is 0 Å². The molecule has 1 aliphatic heterocycles. The number of rotatable bonds is 3. The van der Waals surface area contributed by atoms with E-state index in [1.807, 2.05) is 49.4 Å². The molecular weight excluding hydrogens is 317 g/mol. The van der Waals surface area contributed by atoms with Gasteiger partial charge in [0.25, 0.3) is 0 Å². The summed E-state index contributed by atoms with van der Waals surface area (Å²) in [6.45, 7) is 2.05. The standard InChI is InChI=1S/C19H20BNO4/c1-14-8-10-15(11-9-14)12-17-19(23)25-20(16-6-4-3-5-7-16)24-18(22)13-21(17)2/h3-11,17H,12-13H2,1-2H3/t17-/m1/s1. The molecule has 0 aliphatic carbocycles. The Morgan fingerprint density at radius 3 is 2.40 bits per heavy atom. The van der Waals surface area contributed by atoms with E-state index in [0.717, 1.165) is 11.1 Å². The Bertz CT molecular complexity index is 748. The highest BCUT2D eigenvalue weighted by Crippen LogP contribution is 2.14. The fourth-order valence-corrected chi connectivity index (χ4v) is 2.79. The molecule has 5 nitrogen and oxygen atoms in total. The molecule has 0 radical (unpaired) electrons. The molecule has 2 aromatic carbocycles. The van der Waals surface area contributed by atoms with Crippen LogP contribution >= 0.6 is 0 Å². The van der Waals surface area contributed by atoms with Gasteiger partial charge in [-0.15, -0.1) is 0 Å². The van der Waals surface area contributed by atoms with Crippen molar-refractivity contribution in [3.05, 3.63) is 65.7 Å². The molecule has 0 N–H and O–H groups in total. The maximum atomic E-state index is 12.7. The zero-order chi connectivity index (χ0) is 17.8. The van der Waals surface area contributed by atoms with Gasteiger partial charge < -0.3 is 9.31 Å². The summed E-state index contributed by atoms with van der Waals surface area (Å²) >= 11 is 0. The Morgan fingerprint density at radius 1 is 1.04 bits per heavy atom. The molecule has 1 fully saturated rings. The molecule has 1 atom stereocenters. The fraction of sp³-hybridized carbons (Fsp3) is 0.263. The first-order valence-corrected chi connectivity index (χ1v) is 8.23. The van der Waals surface area contributed by atoms with Crippen LogP contribution in [0.1, 0.15) is 11.1 Å². The normalized spacial score (nSPS) is 19.0. The predicted molar refractivity (Wildman–Crippen MR) is 95.3 cm³/mol. The predicted octanol–water partition coefficient (Wildman–Crippen LogP) is 1.33. The second-order valence-electron chi connectivity index (χ2n) is 6.29. The topological polar surface area (TPSA) is 55.8 Å². The first-order chi connectivity index (χ1) is 12.0. The maximum absolute atomic E-state index is 12.7. The summed E-state index contributed by atoms with van der Waals surface area (Å²) in [5.41, 5.74) is 2.82. The minimum Gasteiger partial charge on any atom is -0.494 e. The van der Waals surface area contributed by atoms with E-state index in [1.165, 1.54) is 0 Å². The molecule has 1 aliphatic rings. The highest BCUT2D eigenvalue weighted by molar-refractivity contribution is 6.64. The number of hydrogen-bond donors (Lipinski definition) is 0. The van der Waals surface area contributed by atoms with Crippen LogP contribution in [-0.2, 0) is 25.3 Å². The molecule has 1 saturated heterocycles. The quantitative estimate of drug-likeness (QED) is 0.791. The largest absolute Gasteiger partial charge is 0.636 e. The fourth-order valence-electron chi connectivity index (χ4n) is 2.79. The summed E-state index contributed by atoms with van der Waals surface area (Å²) in [5, 5.41) is 0. The van der Waals surface area contributed by atoms with Gasteiger partial charge in [-0.05, 0) is 26.0 Å². The zero-order valence-corrected chi connectivity index (χ0v) is 14.3. The zero-order valence-electron chi connectivity index (χ0n) is 14.3. The summed E-state index contributed by atoms with van der Waals surface area (Å²) in [6, 6.07) is 16.5. The van der Waals surface area contributed by atoms with Crippen molar-refractivity contribution < 1.29 is 18.9 Å². The lowest BCUT2D eigenvalue weighted by Gasteiger charge is -2.30. The Morgan fingerprint density at radius 2 is 1.72 bits per heavy atom. The number of nitrogens with zero attached hydrogens (tertiary/aromatic N) is 1. The molecule has 0 unspecified atom stereocenters. The van der Waals surface area contributed by atoms with E-state index in [9.17, 15) is 9.59 Å². The molecule has 25 heavy (non-hydrogen) atoms. The van der Waals surface area contributed by atoms with E-state index in [-0.39, 0.29) is 6.54 Å². The second-order valence-corrected chi connectivity index (χ2v) is 6.29. The third-order valence-electron chi connectivity index (χ3n) is 4.27. The Kier molecular flexibility index (Phi) is 5.19. The van der Waals surface area contributed by atoms with Gasteiger partial charge in [-0.25, -0.2) is 0 Å². The van der Waals surface area contributed by atoms with Crippen LogP contribution in [0, 0.1) is 6.92 Å². The van der Waals surface area contributed by atoms with Crippen LogP contribution in [0.25, 0.3) is 0 Å². The van der Waals surface area contributed by atoms with Crippen LogP contribution in [0.15, 0.2) is 54.6 Å². The first kappa shape index (κ1) is 17.2. The van der Waals surface area contributed by atoms with Crippen molar-refractivity contribution >= 4 is 24.5 Å². The maximum Gasteiger partial charge on any atom is 0.636 e. The van der Waals surface area contributed by atoms with Crippen LogP contribution < -0.4 is 5.46 Å². The van der Waals surface area contributed by atoms with Gasteiger partial charge in [0.15, 0.2) is 0 Å². The number of benzene rings is 2. The average molecular weight is 337 g/mol. The Hall–Kier alpha value is -2.60. The molecule has 2 aromatic rings. The van der Waals surface area contributed by atoms with E-state index in [1.54, 1.807) is 24.1 Å². The van der Waals surface area contributed by atoms with Crippen molar-refractivity contribution in [1.29, 1.82) is 0 Å². The van der Waals surface area contributed by atoms with Crippen molar-refractivity contribution in [2.24, 2.45) is 0 Å². The molecule has 0 spiro atoms. The molecule has 0 bridgehead atoms. The van der Waals surface area contributed by atoms with Gasteiger partial charge in [0, 0.05) is 5.46 Å². The smallest absolute Gasteiger partial charge is 0.494 e. The van der Waals surface area contributed by atoms with E-state index in [0.29, 0.717) is 11.9 Å². The molecule has 0 aromatic heterocycles. The van der Waals surface area contributed by atoms with Crippen LogP contribution in [0.5, 0.6) is 0 Å². The number of hydrogen-bond acceptors (Lipinski definition) is 5. The number of carbonyl (C=O) groups excluding carboxylic acids is 2. The van der Waals surface area contributed by atoms with Gasteiger partial charge >= 0.3 is 19.1 Å². The van der Waals surface area contributed by atoms with Gasteiger partial charge in [-0.3, -0.25) is 14.5 Å².